The third kappa shape index (κ3) is 5.50. The lowest BCUT2D eigenvalue weighted by molar-refractivity contribution is -0.143. The highest BCUT2D eigenvalue weighted by atomic mass is 35.5. The lowest BCUT2D eigenvalue weighted by Crippen LogP contribution is -2.24. The third-order valence-electron chi connectivity index (χ3n) is 3.32. The molecule has 0 saturated carbocycles. The van der Waals surface area contributed by atoms with Crippen LogP contribution in [0.1, 0.15) is 16.7 Å². The van der Waals surface area contributed by atoms with E-state index >= 15 is 0 Å². The first-order valence-electron chi connectivity index (χ1n) is 6.93. The van der Waals surface area contributed by atoms with Gasteiger partial charge in [0.05, 0.1) is 26.1 Å². The van der Waals surface area contributed by atoms with Gasteiger partial charge >= 0.3 is 12.4 Å². The summed E-state index contributed by atoms with van der Waals surface area (Å²) in [5.74, 6) is 0. The Balaban J connectivity index is 2.35. The number of rotatable bonds is 4. The largest absolute Gasteiger partial charge is 0.416 e. The van der Waals surface area contributed by atoms with E-state index in [0.29, 0.717) is 12.1 Å². The van der Waals surface area contributed by atoms with Crippen LogP contribution in [0.4, 0.5) is 26.3 Å². The maximum absolute atomic E-state index is 12.8. The van der Waals surface area contributed by atoms with Crippen molar-refractivity contribution in [3.05, 3.63) is 63.1 Å². The second-order valence-electron chi connectivity index (χ2n) is 5.31. The predicted molar refractivity (Wildman–Crippen MR) is 86.9 cm³/mol. The van der Waals surface area contributed by atoms with Crippen molar-refractivity contribution in [1.29, 1.82) is 0 Å². The Morgan fingerprint density at radius 3 is 1.78 bits per heavy atom. The van der Waals surface area contributed by atoms with Gasteiger partial charge in [-0.05, 0) is 42.0 Å². The average molecular weight is 452 g/mol. The molecule has 2 aromatic carbocycles. The maximum Gasteiger partial charge on any atom is 0.416 e. The molecule has 0 bridgehead atoms. The molecule has 0 aliphatic carbocycles. The van der Waals surface area contributed by atoms with E-state index in [2.05, 4.69) is 0 Å². The second kappa shape index (κ2) is 7.50. The van der Waals surface area contributed by atoms with Gasteiger partial charge in [0.25, 0.3) is 0 Å². The van der Waals surface area contributed by atoms with Gasteiger partial charge in [0.1, 0.15) is 0 Å². The molecule has 0 fully saturated rings. The van der Waals surface area contributed by atoms with Gasteiger partial charge in [-0.3, -0.25) is 0 Å². The Hall–Kier alpha value is -1.49. The molecule has 0 radical (unpaired) electrons. The molecular formula is C15H9Cl2F6NO2S. The predicted octanol–water partition coefficient (Wildman–Crippen LogP) is 5.51. The second-order valence-corrected chi connectivity index (χ2v) is 7.90. The first-order valence-corrected chi connectivity index (χ1v) is 9.17. The van der Waals surface area contributed by atoms with Gasteiger partial charge < -0.3 is 0 Å². The van der Waals surface area contributed by atoms with Crippen LogP contribution in [0.2, 0.25) is 10.0 Å². The molecule has 0 heterocycles. The van der Waals surface area contributed by atoms with Crippen LogP contribution in [-0.2, 0) is 28.9 Å². The van der Waals surface area contributed by atoms with Crippen LogP contribution in [0.5, 0.6) is 0 Å². The lowest BCUT2D eigenvalue weighted by Gasteiger charge is -2.15. The van der Waals surface area contributed by atoms with Crippen LogP contribution in [0.25, 0.3) is 0 Å². The summed E-state index contributed by atoms with van der Waals surface area (Å²) in [5, 5.41) is -0.0127. The Labute approximate surface area is 159 Å². The number of hydrogen-bond donors (Lipinski definition) is 1. The molecule has 148 valence electrons. The minimum absolute atomic E-state index is 0.0447. The molecular weight excluding hydrogens is 443 g/mol. The van der Waals surface area contributed by atoms with Crippen molar-refractivity contribution < 1.29 is 34.8 Å². The number of nitrogens with one attached hydrogen (secondary N) is 1. The lowest BCUT2D eigenvalue weighted by atomic mass is 10.0. The average Bonchev–Trinajstić information content (AvgIpc) is 2.53. The molecule has 3 nitrogen and oxygen atoms in total. The van der Waals surface area contributed by atoms with Gasteiger partial charge in [0.15, 0.2) is 0 Å². The summed E-state index contributed by atoms with van der Waals surface area (Å²) in [6, 6.07) is 4.10. The zero-order valence-electron chi connectivity index (χ0n) is 12.9. The fraction of sp³-hybridized carbons (Fsp3) is 0.200. The topological polar surface area (TPSA) is 46.2 Å². The van der Waals surface area contributed by atoms with Gasteiger partial charge in [-0.1, -0.05) is 23.2 Å². The quantitative estimate of drug-likeness (QED) is 0.623. The normalized spacial score (nSPS) is 13.0. The summed E-state index contributed by atoms with van der Waals surface area (Å²) in [4.78, 5) is -0.347. The van der Waals surface area contributed by atoms with E-state index in [0.717, 1.165) is 12.1 Å². The first kappa shape index (κ1) is 21.8. The molecule has 27 heavy (non-hydrogen) atoms. The number of alkyl halides is 6. The first-order chi connectivity index (χ1) is 12.2. The fourth-order valence-corrected chi connectivity index (χ4v) is 3.43. The van der Waals surface area contributed by atoms with Crippen LogP contribution in [-0.4, -0.2) is 8.42 Å². The van der Waals surface area contributed by atoms with E-state index in [4.69, 9.17) is 23.2 Å². The molecule has 0 saturated heterocycles. The number of hydrogen-bond acceptors (Lipinski definition) is 2. The number of halogens is 8. The van der Waals surface area contributed by atoms with Gasteiger partial charge in [0.2, 0.25) is 10.0 Å². The molecule has 0 atom stereocenters. The Kier molecular flexibility index (Phi) is 6.05. The number of sulfonamides is 1. The standard InChI is InChI=1S/C15H9Cl2F6NO2S/c16-12-2-1-11(6-13(12)17)27(25,26)24-7-8-3-9(14(18,19)20)5-10(4-8)15(21,22)23/h1-6,24H,7H2. The van der Waals surface area contributed by atoms with E-state index < -0.39 is 45.6 Å². The van der Waals surface area contributed by atoms with Crippen molar-refractivity contribution in [1.82, 2.24) is 4.72 Å². The smallest absolute Gasteiger partial charge is 0.207 e. The van der Waals surface area contributed by atoms with Crippen molar-refractivity contribution in [3.63, 3.8) is 0 Å². The zero-order valence-corrected chi connectivity index (χ0v) is 15.2. The molecule has 0 amide bonds. The molecule has 0 aliphatic rings. The van der Waals surface area contributed by atoms with Gasteiger partial charge in [-0.25, -0.2) is 13.1 Å². The van der Waals surface area contributed by atoms with E-state index in [1.54, 1.807) is 0 Å². The van der Waals surface area contributed by atoms with Crippen LogP contribution in [0, 0.1) is 0 Å². The summed E-state index contributed by atoms with van der Waals surface area (Å²) in [6.45, 7) is -0.796. The van der Waals surface area contributed by atoms with Crippen molar-refractivity contribution in [2.75, 3.05) is 0 Å². The van der Waals surface area contributed by atoms with Crippen molar-refractivity contribution in [3.8, 4) is 0 Å². The van der Waals surface area contributed by atoms with Crippen LogP contribution >= 0.6 is 23.2 Å². The van der Waals surface area contributed by atoms with E-state index in [1.165, 1.54) is 6.07 Å². The van der Waals surface area contributed by atoms with Crippen LogP contribution in [0.3, 0.4) is 0 Å². The summed E-state index contributed by atoms with van der Waals surface area (Å²) in [5.41, 5.74) is -3.59. The summed E-state index contributed by atoms with van der Waals surface area (Å²) in [7, 11) is -4.25. The number of benzene rings is 2. The minimum atomic E-state index is -5.03. The highest BCUT2D eigenvalue weighted by Crippen LogP contribution is 2.36. The monoisotopic (exact) mass is 451 g/mol. The molecule has 0 unspecified atom stereocenters. The van der Waals surface area contributed by atoms with Gasteiger partial charge in [0, 0.05) is 6.54 Å². The van der Waals surface area contributed by atoms with Gasteiger partial charge in [-0.2, -0.15) is 26.3 Å². The molecule has 0 aromatic heterocycles. The van der Waals surface area contributed by atoms with Crippen molar-refractivity contribution in [2.45, 2.75) is 23.8 Å². The molecule has 12 heteroatoms. The van der Waals surface area contributed by atoms with Crippen LogP contribution < -0.4 is 4.72 Å². The highest BCUT2D eigenvalue weighted by molar-refractivity contribution is 7.89. The Morgan fingerprint density at radius 1 is 0.815 bits per heavy atom. The van der Waals surface area contributed by atoms with E-state index in [1.807, 2.05) is 4.72 Å². The SMILES string of the molecule is O=S(=O)(NCc1cc(C(F)(F)F)cc(C(F)(F)F)c1)c1ccc(Cl)c(Cl)c1. The fourth-order valence-electron chi connectivity index (χ4n) is 2.03. The maximum atomic E-state index is 12.8. The molecule has 2 aromatic rings. The highest BCUT2D eigenvalue weighted by Gasteiger charge is 2.36. The molecule has 2 rings (SSSR count). The summed E-state index contributed by atoms with van der Waals surface area (Å²) >= 11 is 11.4. The van der Waals surface area contributed by atoms with E-state index in [-0.39, 0.29) is 21.0 Å². The molecule has 1 N–H and O–H groups in total. The van der Waals surface area contributed by atoms with Crippen molar-refractivity contribution in [2.24, 2.45) is 0 Å². The van der Waals surface area contributed by atoms with Gasteiger partial charge in [-0.15, -0.1) is 0 Å². The zero-order chi connectivity index (χ0) is 20.6. The molecule has 0 aliphatic heterocycles. The van der Waals surface area contributed by atoms with E-state index in [9.17, 15) is 34.8 Å². The molecule has 0 spiro atoms. The third-order valence-corrected chi connectivity index (χ3v) is 5.45. The van der Waals surface area contributed by atoms with Crippen molar-refractivity contribution >= 4 is 33.2 Å². The Bertz CT molecular complexity index is 926. The summed E-state index contributed by atoms with van der Waals surface area (Å²) in [6.07, 6.45) is -10.1. The van der Waals surface area contributed by atoms with Crippen LogP contribution in [0.15, 0.2) is 41.3 Å². The minimum Gasteiger partial charge on any atom is -0.207 e. The summed E-state index contributed by atoms with van der Waals surface area (Å²) < 4.78 is 103. The Morgan fingerprint density at radius 2 is 1.33 bits per heavy atom.